The molecule has 1 aliphatic carbocycles. The highest BCUT2D eigenvalue weighted by Crippen LogP contribution is 2.44. The number of hydrogen-bond donors (Lipinski definition) is 3. The highest BCUT2D eigenvalue weighted by molar-refractivity contribution is 5.90. The van der Waals surface area contributed by atoms with Gasteiger partial charge in [-0.3, -0.25) is 9.59 Å². The Morgan fingerprint density at radius 1 is 1.06 bits per heavy atom. The van der Waals surface area contributed by atoms with Gasteiger partial charge in [-0.1, -0.05) is 61.9 Å². The van der Waals surface area contributed by atoms with Crippen LogP contribution < -0.4 is 10.6 Å². The molecule has 8 heteroatoms. The number of alkyl carbamates (subject to hydrolysis) is 1. The fourth-order valence-corrected chi connectivity index (χ4v) is 5.07. The normalized spacial score (nSPS) is 17.1. The second kappa shape index (κ2) is 10.9. The van der Waals surface area contributed by atoms with Gasteiger partial charge in [-0.2, -0.15) is 0 Å². The molecule has 8 nitrogen and oxygen atoms in total. The highest BCUT2D eigenvalue weighted by Gasteiger charge is 2.43. The molecule has 2 aliphatic rings. The van der Waals surface area contributed by atoms with Crippen LogP contribution in [0.1, 0.15) is 56.1 Å². The number of ether oxygens (including phenoxy) is 2. The first kappa shape index (κ1) is 24.7. The molecule has 0 unspecified atom stereocenters. The van der Waals surface area contributed by atoms with E-state index in [-0.39, 0.29) is 31.8 Å². The van der Waals surface area contributed by atoms with Crippen molar-refractivity contribution in [2.24, 2.45) is 0 Å². The SMILES string of the molecule is CCC[C@@H](CC(=O)O)NC(=O)C1(NC(=O)OCC2c3ccccc3-c3ccccc32)CCOCC1. The average molecular weight is 481 g/mol. The van der Waals surface area contributed by atoms with Crippen molar-refractivity contribution in [3.8, 4) is 11.1 Å². The van der Waals surface area contributed by atoms with Gasteiger partial charge in [-0.15, -0.1) is 0 Å². The number of rotatable bonds is 9. The van der Waals surface area contributed by atoms with E-state index in [0.29, 0.717) is 19.6 Å². The summed E-state index contributed by atoms with van der Waals surface area (Å²) in [6, 6.07) is 15.7. The molecule has 0 aromatic heterocycles. The van der Waals surface area contributed by atoms with Crippen LogP contribution in [0.25, 0.3) is 11.1 Å². The smallest absolute Gasteiger partial charge is 0.408 e. The van der Waals surface area contributed by atoms with Crippen LogP contribution in [0.2, 0.25) is 0 Å². The molecule has 2 aromatic carbocycles. The van der Waals surface area contributed by atoms with Crippen LogP contribution in [0.4, 0.5) is 4.79 Å². The predicted molar refractivity (Wildman–Crippen MR) is 130 cm³/mol. The number of benzene rings is 2. The van der Waals surface area contributed by atoms with Gasteiger partial charge in [0.05, 0.1) is 6.42 Å². The zero-order chi connectivity index (χ0) is 24.8. The zero-order valence-electron chi connectivity index (χ0n) is 19.9. The molecule has 2 amide bonds. The fourth-order valence-electron chi connectivity index (χ4n) is 5.07. The Bertz CT molecular complexity index is 1030. The van der Waals surface area contributed by atoms with Crippen molar-refractivity contribution in [1.82, 2.24) is 10.6 Å². The summed E-state index contributed by atoms with van der Waals surface area (Å²) < 4.78 is 11.1. The van der Waals surface area contributed by atoms with Gasteiger partial charge in [0, 0.05) is 38.0 Å². The molecule has 0 bridgehead atoms. The van der Waals surface area contributed by atoms with E-state index in [1.165, 1.54) is 0 Å². The summed E-state index contributed by atoms with van der Waals surface area (Å²) >= 11 is 0. The molecule has 1 fully saturated rings. The third-order valence-corrected chi connectivity index (χ3v) is 6.86. The zero-order valence-corrected chi connectivity index (χ0v) is 19.9. The highest BCUT2D eigenvalue weighted by atomic mass is 16.5. The summed E-state index contributed by atoms with van der Waals surface area (Å²) in [5, 5.41) is 14.8. The number of fused-ring (bicyclic) bond motifs is 3. The minimum Gasteiger partial charge on any atom is -0.481 e. The summed E-state index contributed by atoms with van der Waals surface area (Å²) in [6.45, 7) is 2.70. The van der Waals surface area contributed by atoms with Crippen molar-refractivity contribution >= 4 is 18.0 Å². The van der Waals surface area contributed by atoms with E-state index in [4.69, 9.17) is 9.47 Å². The summed E-state index contributed by atoms with van der Waals surface area (Å²) in [5.41, 5.74) is 3.29. The van der Waals surface area contributed by atoms with E-state index in [9.17, 15) is 19.5 Å². The van der Waals surface area contributed by atoms with Crippen LogP contribution in [0, 0.1) is 0 Å². The maximum atomic E-state index is 13.3. The third kappa shape index (κ3) is 5.48. The maximum absolute atomic E-state index is 13.3. The lowest BCUT2D eigenvalue weighted by Crippen LogP contribution is -2.62. The van der Waals surface area contributed by atoms with E-state index in [2.05, 4.69) is 22.8 Å². The van der Waals surface area contributed by atoms with Crippen LogP contribution in [0.15, 0.2) is 48.5 Å². The van der Waals surface area contributed by atoms with Gasteiger partial charge in [0.1, 0.15) is 12.1 Å². The summed E-state index contributed by atoms with van der Waals surface area (Å²) in [4.78, 5) is 37.4. The first-order chi connectivity index (χ1) is 16.9. The van der Waals surface area contributed by atoms with Crippen LogP contribution in [-0.2, 0) is 19.1 Å². The van der Waals surface area contributed by atoms with Gasteiger partial charge in [0.25, 0.3) is 0 Å². The standard InChI is InChI=1S/C27H32N2O6/c1-2-7-18(16-24(30)31)28-25(32)27(12-14-34-15-13-27)29-26(33)35-17-23-21-10-5-3-8-19(21)20-9-4-6-11-22(20)23/h3-6,8-11,18,23H,2,7,12-17H2,1H3,(H,28,32)(H,29,33)(H,30,31)/t18-/m0/s1. The number of carbonyl (C=O) groups is 3. The lowest BCUT2D eigenvalue weighted by molar-refractivity contribution is -0.138. The molecule has 3 N–H and O–H groups in total. The first-order valence-corrected chi connectivity index (χ1v) is 12.2. The molecule has 0 radical (unpaired) electrons. The third-order valence-electron chi connectivity index (χ3n) is 6.86. The molecular formula is C27H32N2O6. The molecular weight excluding hydrogens is 448 g/mol. The van der Waals surface area contributed by atoms with Gasteiger partial charge in [-0.25, -0.2) is 4.79 Å². The van der Waals surface area contributed by atoms with Crippen LogP contribution in [0.3, 0.4) is 0 Å². The molecule has 0 saturated carbocycles. The van der Waals surface area contributed by atoms with E-state index >= 15 is 0 Å². The lowest BCUT2D eigenvalue weighted by Gasteiger charge is -2.37. The molecule has 1 saturated heterocycles. The number of nitrogens with one attached hydrogen (secondary N) is 2. The number of carboxylic acids is 1. The maximum Gasteiger partial charge on any atom is 0.408 e. The minimum atomic E-state index is -1.20. The van der Waals surface area contributed by atoms with Gasteiger partial charge in [0.2, 0.25) is 5.91 Å². The van der Waals surface area contributed by atoms with Crippen molar-refractivity contribution in [2.75, 3.05) is 19.8 Å². The van der Waals surface area contributed by atoms with Gasteiger partial charge in [-0.05, 0) is 28.7 Å². The molecule has 35 heavy (non-hydrogen) atoms. The Labute approximate surface area is 205 Å². The summed E-state index contributed by atoms with van der Waals surface area (Å²) in [7, 11) is 0. The van der Waals surface area contributed by atoms with Crippen LogP contribution in [-0.4, -0.2) is 54.5 Å². The van der Waals surface area contributed by atoms with E-state index < -0.39 is 29.6 Å². The Morgan fingerprint density at radius 2 is 1.66 bits per heavy atom. The van der Waals surface area contributed by atoms with Gasteiger partial charge >= 0.3 is 12.1 Å². The van der Waals surface area contributed by atoms with E-state index in [1.54, 1.807) is 0 Å². The van der Waals surface area contributed by atoms with Crippen molar-refractivity contribution in [3.05, 3.63) is 59.7 Å². The van der Waals surface area contributed by atoms with E-state index in [0.717, 1.165) is 28.7 Å². The van der Waals surface area contributed by atoms with Crippen molar-refractivity contribution in [2.45, 2.75) is 56.5 Å². The number of amides is 2. The minimum absolute atomic E-state index is 0.0860. The van der Waals surface area contributed by atoms with E-state index in [1.807, 2.05) is 43.3 Å². The molecule has 186 valence electrons. The fraction of sp³-hybridized carbons (Fsp3) is 0.444. The molecule has 2 aromatic rings. The van der Waals surface area contributed by atoms with Crippen molar-refractivity contribution < 1.29 is 29.0 Å². The monoisotopic (exact) mass is 480 g/mol. The molecule has 0 spiro atoms. The van der Waals surface area contributed by atoms with Gasteiger partial charge in [0.15, 0.2) is 0 Å². The second-order valence-corrected chi connectivity index (χ2v) is 9.20. The van der Waals surface area contributed by atoms with Crippen molar-refractivity contribution in [1.29, 1.82) is 0 Å². The Balaban J connectivity index is 1.45. The summed E-state index contributed by atoms with van der Waals surface area (Å²) in [6.07, 6.45) is 0.999. The topological polar surface area (TPSA) is 114 Å². The molecule has 1 aliphatic heterocycles. The quantitative estimate of drug-likeness (QED) is 0.503. The largest absolute Gasteiger partial charge is 0.481 e. The number of carbonyl (C=O) groups excluding carboxylic acids is 2. The second-order valence-electron chi connectivity index (χ2n) is 9.20. The number of aliphatic carboxylic acids is 1. The average Bonchev–Trinajstić information content (AvgIpc) is 3.17. The number of carboxylic acid groups (broad SMARTS) is 1. The van der Waals surface area contributed by atoms with Gasteiger partial charge < -0.3 is 25.2 Å². The summed E-state index contributed by atoms with van der Waals surface area (Å²) in [5.74, 6) is -1.46. The Kier molecular flexibility index (Phi) is 7.70. The first-order valence-electron chi connectivity index (χ1n) is 12.2. The molecule has 4 rings (SSSR count). The lowest BCUT2D eigenvalue weighted by atomic mass is 9.88. The van der Waals surface area contributed by atoms with Crippen molar-refractivity contribution in [3.63, 3.8) is 0 Å². The van der Waals surface area contributed by atoms with Crippen LogP contribution in [0.5, 0.6) is 0 Å². The van der Waals surface area contributed by atoms with Crippen LogP contribution >= 0.6 is 0 Å². The Hall–Kier alpha value is -3.39. The molecule has 1 atom stereocenters. The predicted octanol–water partition coefficient (Wildman–Crippen LogP) is 3.83. The molecule has 1 heterocycles. The number of hydrogen-bond acceptors (Lipinski definition) is 5. The Morgan fingerprint density at radius 3 is 2.23 bits per heavy atom.